The number of benzene rings is 1. The fraction of sp³-hybridized carbons (Fsp3) is 0.565. The summed E-state index contributed by atoms with van der Waals surface area (Å²) in [5.74, 6) is 2.14. The second kappa shape index (κ2) is 6.64. The number of rotatable bonds is 5. The first-order chi connectivity index (χ1) is 13.5. The topological polar surface area (TPSA) is 74.0 Å². The van der Waals surface area contributed by atoms with Crippen molar-refractivity contribution in [3.8, 4) is 0 Å². The van der Waals surface area contributed by atoms with Crippen LogP contribution >= 0.6 is 0 Å². The molecule has 2 aromatic rings. The standard InChI is InChI=1S/C23H29N3O2/c1-14(27)25-21(9-18-13-24-20-5-3-2-4-19(18)20)22(28)26-23-10-15-6-16(11-23)8-17(7-15)12-23/h2-5,13,15-17,21,24H,6-12H2,1H3,(H,25,27)(H,26,28)/t15?,16?,17?,21-,23?/m0/s1. The van der Waals surface area contributed by atoms with Gasteiger partial charge in [0.05, 0.1) is 0 Å². The third-order valence-corrected chi connectivity index (χ3v) is 7.22. The Hall–Kier alpha value is -2.30. The summed E-state index contributed by atoms with van der Waals surface area (Å²) in [6.07, 6.45) is 9.85. The van der Waals surface area contributed by atoms with Crippen molar-refractivity contribution in [2.45, 2.75) is 63.5 Å². The Morgan fingerprint density at radius 3 is 2.39 bits per heavy atom. The number of amides is 2. The summed E-state index contributed by atoms with van der Waals surface area (Å²) in [7, 11) is 0. The number of hydrogen-bond acceptors (Lipinski definition) is 2. The van der Waals surface area contributed by atoms with Gasteiger partial charge in [-0.1, -0.05) is 18.2 Å². The van der Waals surface area contributed by atoms with Crippen LogP contribution in [0.2, 0.25) is 0 Å². The zero-order chi connectivity index (χ0) is 19.3. The van der Waals surface area contributed by atoms with Gasteiger partial charge in [-0.15, -0.1) is 0 Å². The average Bonchev–Trinajstić information content (AvgIpc) is 3.02. The highest BCUT2D eigenvalue weighted by atomic mass is 16.2. The predicted octanol–water partition coefficient (Wildman–Crippen LogP) is 3.30. The molecule has 0 spiro atoms. The van der Waals surface area contributed by atoms with Gasteiger partial charge < -0.3 is 15.6 Å². The van der Waals surface area contributed by atoms with Crippen LogP contribution in [0.1, 0.15) is 51.0 Å². The molecule has 2 amide bonds. The highest BCUT2D eigenvalue weighted by Crippen LogP contribution is 2.55. The molecule has 1 heterocycles. The lowest BCUT2D eigenvalue weighted by atomic mass is 9.53. The Kier molecular flexibility index (Phi) is 4.22. The van der Waals surface area contributed by atoms with Crippen molar-refractivity contribution in [2.75, 3.05) is 0 Å². The van der Waals surface area contributed by atoms with E-state index in [0.717, 1.165) is 53.5 Å². The Balaban J connectivity index is 1.36. The van der Waals surface area contributed by atoms with Crippen LogP contribution in [0.4, 0.5) is 0 Å². The van der Waals surface area contributed by atoms with E-state index >= 15 is 0 Å². The van der Waals surface area contributed by atoms with E-state index in [4.69, 9.17) is 0 Å². The molecule has 4 saturated carbocycles. The molecule has 0 unspecified atom stereocenters. The van der Waals surface area contributed by atoms with E-state index in [1.54, 1.807) is 0 Å². The van der Waals surface area contributed by atoms with Crippen molar-refractivity contribution in [3.63, 3.8) is 0 Å². The maximum Gasteiger partial charge on any atom is 0.243 e. The summed E-state index contributed by atoms with van der Waals surface area (Å²) >= 11 is 0. The van der Waals surface area contributed by atoms with E-state index in [1.807, 2.05) is 24.4 Å². The molecule has 3 N–H and O–H groups in total. The molecule has 0 aliphatic heterocycles. The van der Waals surface area contributed by atoms with Crippen molar-refractivity contribution < 1.29 is 9.59 Å². The monoisotopic (exact) mass is 379 g/mol. The minimum absolute atomic E-state index is 0.0255. The first kappa shape index (κ1) is 17.8. The van der Waals surface area contributed by atoms with Gasteiger partial charge in [0.1, 0.15) is 6.04 Å². The van der Waals surface area contributed by atoms with E-state index < -0.39 is 6.04 Å². The molecular weight excluding hydrogens is 350 g/mol. The Labute approximate surface area is 165 Å². The molecular formula is C23H29N3O2. The molecule has 0 saturated heterocycles. The van der Waals surface area contributed by atoms with Crippen LogP contribution in [0.25, 0.3) is 10.9 Å². The summed E-state index contributed by atoms with van der Waals surface area (Å²) in [6, 6.07) is 7.55. The fourth-order valence-corrected chi connectivity index (χ4v) is 6.59. The zero-order valence-electron chi connectivity index (χ0n) is 16.5. The second-order valence-corrected chi connectivity index (χ2v) is 9.50. The number of fused-ring (bicyclic) bond motifs is 1. The van der Waals surface area contributed by atoms with Crippen LogP contribution in [-0.2, 0) is 16.0 Å². The average molecular weight is 380 g/mol. The molecule has 0 radical (unpaired) electrons. The third kappa shape index (κ3) is 3.21. The van der Waals surface area contributed by atoms with Gasteiger partial charge in [0.15, 0.2) is 0 Å². The smallest absolute Gasteiger partial charge is 0.243 e. The number of carbonyl (C=O) groups excluding carboxylic acids is 2. The number of para-hydroxylation sites is 1. The molecule has 4 bridgehead atoms. The van der Waals surface area contributed by atoms with Crippen LogP contribution in [0, 0.1) is 17.8 Å². The SMILES string of the molecule is CC(=O)N[C@@H](Cc1c[nH]c2ccccc12)C(=O)NC12CC3CC(CC(C3)C1)C2. The summed E-state index contributed by atoms with van der Waals surface area (Å²) in [5.41, 5.74) is 2.08. The van der Waals surface area contributed by atoms with Crippen LogP contribution in [0.15, 0.2) is 30.5 Å². The molecule has 4 fully saturated rings. The van der Waals surface area contributed by atoms with Crippen molar-refractivity contribution in [2.24, 2.45) is 17.8 Å². The normalized spacial score (nSPS) is 31.7. The summed E-state index contributed by atoms with van der Waals surface area (Å²) in [4.78, 5) is 28.4. The van der Waals surface area contributed by atoms with Crippen LogP contribution in [-0.4, -0.2) is 28.4 Å². The number of H-pyrrole nitrogens is 1. The Morgan fingerprint density at radius 2 is 1.75 bits per heavy atom. The first-order valence-electron chi connectivity index (χ1n) is 10.6. The minimum Gasteiger partial charge on any atom is -0.361 e. The fourth-order valence-electron chi connectivity index (χ4n) is 6.59. The lowest BCUT2D eigenvalue weighted by molar-refractivity contribution is -0.132. The number of hydrogen-bond donors (Lipinski definition) is 3. The van der Waals surface area contributed by atoms with E-state index in [0.29, 0.717) is 6.42 Å². The summed E-state index contributed by atoms with van der Waals surface area (Å²) in [6.45, 7) is 1.49. The second-order valence-electron chi connectivity index (χ2n) is 9.50. The van der Waals surface area contributed by atoms with Gasteiger partial charge in [0.2, 0.25) is 11.8 Å². The van der Waals surface area contributed by atoms with E-state index in [1.165, 1.54) is 26.2 Å². The molecule has 28 heavy (non-hydrogen) atoms. The minimum atomic E-state index is -0.537. The third-order valence-electron chi connectivity index (χ3n) is 7.22. The first-order valence-corrected chi connectivity index (χ1v) is 10.6. The highest BCUT2D eigenvalue weighted by molar-refractivity contribution is 5.89. The van der Waals surface area contributed by atoms with E-state index in [-0.39, 0.29) is 17.4 Å². The van der Waals surface area contributed by atoms with Gasteiger partial charge in [-0.2, -0.15) is 0 Å². The van der Waals surface area contributed by atoms with Crippen LogP contribution in [0.3, 0.4) is 0 Å². The van der Waals surface area contributed by atoms with Gasteiger partial charge in [-0.3, -0.25) is 9.59 Å². The molecule has 5 nitrogen and oxygen atoms in total. The van der Waals surface area contributed by atoms with Crippen LogP contribution in [0.5, 0.6) is 0 Å². The summed E-state index contributed by atoms with van der Waals surface area (Å²) in [5, 5.41) is 7.44. The van der Waals surface area contributed by atoms with E-state index in [2.05, 4.69) is 21.7 Å². The number of carbonyl (C=O) groups is 2. The molecule has 6 rings (SSSR count). The molecule has 1 atom stereocenters. The van der Waals surface area contributed by atoms with Crippen molar-refractivity contribution in [3.05, 3.63) is 36.0 Å². The lowest BCUT2D eigenvalue weighted by Gasteiger charge is -2.57. The highest BCUT2D eigenvalue weighted by Gasteiger charge is 2.51. The maximum atomic E-state index is 13.3. The molecule has 148 valence electrons. The lowest BCUT2D eigenvalue weighted by Crippen LogP contribution is -2.62. The molecule has 1 aromatic carbocycles. The van der Waals surface area contributed by atoms with Gasteiger partial charge in [0, 0.05) is 36.0 Å². The Morgan fingerprint density at radius 1 is 1.11 bits per heavy atom. The molecule has 4 aliphatic carbocycles. The van der Waals surface area contributed by atoms with E-state index in [9.17, 15) is 9.59 Å². The van der Waals surface area contributed by atoms with Gasteiger partial charge in [-0.05, 0) is 67.9 Å². The predicted molar refractivity (Wildman–Crippen MR) is 109 cm³/mol. The number of aromatic nitrogens is 1. The number of nitrogens with one attached hydrogen (secondary N) is 3. The maximum absolute atomic E-state index is 13.3. The Bertz CT molecular complexity index is 880. The largest absolute Gasteiger partial charge is 0.361 e. The summed E-state index contributed by atoms with van der Waals surface area (Å²) < 4.78 is 0. The van der Waals surface area contributed by atoms with Gasteiger partial charge >= 0.3 is 0 Å². The quantitative estimate of drug-likeness (QED) is 0.746. The molecule has 4 aliphatic rings. The van der Waals surface area contributed by atoms with Crippen molar-refractivity contribution >= 4 is 22.7 Å². The van der Waals surface area contributed by atoms with Gasteiger partial charge in [-0.25, -0.2) is 0 Å². The van der Waals surface area contributed by atoms with Crippen molar-refractivity contribution in [1.82, 2.24) is 15.6 Å². The molecule has 5 heteroatoms. The van der Waals surface area contributed by atoms with Gasteiger partial charge in [0.25, 0.3) is 0 Å². The number of aromatic amines is 1. The zero-order valence-corrected chi connectivity index (χ0v) is 16.5. The molecule has 1 aromatic heterocycles. The van der Waals surface area contributed by atoms with Crippen molar-refractivity contribution in [1.29, 1.82) is 0 Å². The van der Waals surface area contributed by atoms with Crippen LogP contribution < -0.4 is 10.6 Å².